The van der Waals surface area contributed by atoms with Crippen LogP contribution in [0.25, 0.3) is 5.69 Å². The second kappa shape index (κ2) is 9.06. The zero-order chi connectivity index (χ0) is 22.9. The molecular formula is C26H28F2N4O. The van der Waals surface area contributed by atoms with Crippen molar-refractivity contribution >= 4 is 5.91 Å². The van der Waals surface area contributed by atoms with Crippen LogP contribution in [0, 0.1) is 11.6 Å². The van der Waals surface area contributed by atoms with Crippen molar-refractivity contribution in [1.82, 2.24) is 19.6 Å². The Bertz CT molecular complexity index is 1170. The van der Waals surface area contributed by atoms with Gasteiger partial charge in [0.05, 0.1) is 23.5 Å². The van der Waals surface area contributed by atoms with Crippen LogP contribution in [0.2, 0.25) is 0 Å². The third-order valence-corrected chi connectivity index (χ3v) is 6.51. The Morgan fingerprint density at radius 1 is 1.09 bits per heavy atom. The van der Waals surface area contributed by atoms with Crippen LogP contribution in [0.1, 0.15) is 53.5 Å². The Balaban J connectivity index is 1.53. The lowest BCUT2D eigenvalue weighted by molar-refractivity contribution is 0.0722. The number of carbonyl (C=O) groups excluding carboxylic acids is 1. The summed E-state index contributed by atoms with van der Waals surface area (Å²) in [6, 6.07) is 12.8. The van der Waals surface area contributed by atoms with Crippen molar-refractivity contribution in [2.24, 2.45) is 0 Å². The highest BCUT2D eigenvalue weighted by atomic mass is 19.1. The molecule has 1 aromatic heterocycles. The average molecular weight is 451 g/mol. The van der Waals surface area contributed by atoms with Gasteiger partial charge in [0.15, 0.2) is 0 Å². The number of para-hydroxylation sites is 1. The van der Waals surface area contributed by atoms with Crippen LogP contribution in [0.15, 0.2) is 48.5 Å². The van der Waals surface area contributed by atoms with Gasteiger partial charge >= 0.3 is 0 Å². The lowest BCUT2D eigenvalue weighted by atomic mass is 10.0. The molecule has 1 aliphatic heterocycles. The van der Waals surface area contributed by atoms with Crippen molar-refractivity contribution < 1.29 is 13.6 Å². The average Bonchev–Trinajstić information content (AvgIpc) is 3.60. The van der Waals surface area contributed by atoms with Gasteiger partial charge in [0, 0.05) is 31.1 Å². The summed E-state index contributed by atoms with van der Waals surface area (Å²) < 4.78 is 30.8. The highest BCUT2D eigenvalue weighted by molar-refractivity contribution is 5.94. The second-order valence-corrected chi connectivity index (χ2v) is 8.91. The van der Waals surface area contributed by atoms with Crippen molar-refractivity contribution in [3.8, 4) is 5.69 Å². The number of hydrogen-bond acceptors (Lipinski definition) is 3. The van der Waals surface area contributed by atoms with Gasteiger partial charge in [0.25, 0.3) is 5.91 Å². The molecule has 1 aliphatic carbocycles. The lowest BCUT2D eigenvalue weighted by Gasteiger charge is -2.28. The molecule has 0 spiro atoms. The summed E-state index contributed by atoms with van der Waals surface area (Å²) in [7, 11) is 0. The van der Waals surface area contributed by atoms with Crippen molar-refractivity contribution in [3.05, 3.63) is 82.7 Å². The van der Waals surface area contributed by atoms with Crippen LogP contribution in [0.5, 0.6) is 0 Å². The van der Waals surface area contributed by atoms with Gasteiger partial charge in [-0.15, -0.1) is 0 Å². The van der Waals surface area contributed by atoms with E-state index in [0.29, 0.717) is 12.2 Å². The first-order chi connectivity index (χ1) is 16.1. The van der Waals surface area contributed by atoms with Gasteiger partial charge in [0.1, 0.15) is 17.3 Å². The van der Waals surface area contributed by atoms with E-state index in [1.807, 2.05) is 0 Å². The Morgan fingerprint density at radius 3 is 2.52 bits per heavy atom. The first kappa shape index (κ1) is 21.8. The number of benzene rings is 2. The minimum Gasteiger partial charge on any atom is -0.330 e. The fraction of sp³-hybridized carbons (Fsp3) is 0.385. The fourth-order valence-electron chi connectivity index (χ4n) is 4.70. The highest BCUT2D eigenvalue weighted by Crippen LogP contribution is 2.33. The van der Waals surface area contributed by atoms with E-state index in [0.717, 1.165) is 62.3 Å². The Labute approximate surface area is 192 Å². The molecule has 0 bridgehead atoms. The van der Waals surface area contributed by atoms with E-state index >= 15 is 0 Å². The molecule has 33 heavy (non-hydrogen) atoms. The largest absolute Gasteiger partial charge is 0.330 e. The predicted octanol–water partition coefficient (Wildman–Crippen LogP) is 4.72. The smallest absolute Gasteiger partial charge is 0.257 e. The molecule has 1 amide bonds. The molecule has 0 N–H and O–H groups in total. The quantitative estimate of drug-likeness (QED) is 0.523. The van der Waals surface area contributed by atoms with Gasteiger partial charge in [-0.1, -0.05) is 31.2 Å². The molecule has 2 aliphatic rings. The zero-order valence-electron chi connectivity index (χ0n) is 18.8. The number of aromatic nitrogens is 2. The number of halogens is 2. The standard InChI is InChI=1S/C26H28F2N4O/c1-2-14-30-15-13-24-20(16-30)23(29-32(24)25-10-6-5-9-22(25)28)17-31(18-11-12-18)26(33)19-7-3-4-8-21(19)27/h3-10,18H,2,11-17H2,1H3. The van der Waals surface area contributed by atoms with E-state index < -0.39 is 5.82 Å². The molecule has 0 radical (unpaired) electrons. The number of hydrogen-bond donors (Lipinski definition) is 0. The molecule has 1 saturated carbocycles. The van der Waals surface area contributed by atoms with E-state index in [2.05, 4.69) is 11.8 Å². The molecule has 1 fully saturated rings. The van der Waals surface area contributed by atoms with E-state index in [1.54, 1.807) is 39.9 Å². The molecule has 0 saturated heterocycles. The summed E-state index contributed by atoms with van der Waals surface area (Å²) >= 11 is 0. The van der Waals surface area contributed by atoms with Crippen molar-refractivity contribution in [2.45, 2.75) is 51.7 Å². The summed E-state index contributed by atoms with van der Waals surface area (Å²) in [5, 5.41) is 4.83. The summed E-state index contributed by atoms with van der Waals surface area (Å²) in [6.45, 7) is 5.03. The minimum atomic E-state index is -0.513. The lowest BCUT2D eigenvalue weighted by Crippen LogP contribution is -2.35. The SMILES string of the molecule is CCCN1CCc2c(c(CN(C(=O)c3ccccc3F)C3CC3)nn2-c2ccccc2F)C1. The van der Waals surface area contributed by atoms with Crippen LogP contribution in [0.3, 0.4) is 0 Å². The number of fused-ring (bicyclic) bond motifs is 1. The summed E-state index contributed by atoms with van der Waals surface area (Å²) in [5.41, 5.74) is 3.33. The number of nitrogens with zero attached hydrogens (tertiary/aromatic N) is 4. The first-order valence-electron chi connectivity index (χ1n) is 11.7. The molecule has 172 valence electrons. The molecule has 0 unspecified atom stereocenters. The molecule has 5 rings (SSSR count). The fourth-order valence-corrected chi connectivity index (χ4v) is 4.70. The highest BCUT2D eigenvalue weighted by Gasteiger charge is 2.36. The monoisotopic (exact) mass is 450 g/mol. The summed E-state index contributed by atoms with van der Waals surface area (Å²) in [4.78, 5) is 17.4. The maximum absolute atomic E-state index is 14.7. The van der Waals surface area contributed by atoms with Crippen LogP contribution < -0.4 is 0 Å². The van der Waals surface area contributed by atoms with Gasteiger partial charge in [-0.25, -0.2) is 13.5 Å². The van der Waals surface area contributed by atoms with Crippen LogP contribution >= 0.6 is 0 Å². The molecule has 2 heterocycles. The van der Waals surface area contributed by atoms with Crippen LogP contribution in [0.4, 0.5) is 8.78 Å². The minimum absolute atomic E-state index is 0.0828. The first-order valence-corrected chi connectivity index (χ1v) is 11.7. The third kappa shape index (κ3) is 4.29. The number of rotatable bonds is 7. The Morgan fingerprint density at radius 2 is 1.82 bits per heavy atom. The predicted molar refractivity (Wildman–Crippen MR) is 122 cm³/mol. The maximum Gasteiger partial charge on any atom is 0.257 e. The molecule has 2 aromatic carbocycles. The van der Waals surface area contributed by atoms with E-state index in [-0.39, 0.29) is 23.3 Å². The normalized spacial score (nSPS) is 16.0. The van der Waals surface area contributed by atoms with Crippen molar-refractivity contribution in [3.63, 3.8) is 0 Å². The number of amides is 1. The molecule has 5 nitrogen and oxygen atoms in total. The molecule has 0 atom stereocenters. The van der Waals surface area contributed by atoms with Crippen molar-refractivity contribution in [1.29, 1.82) is 0 Å². The van der Waals surface area contributed by atoms with Crippen LogP contribution in [-0.4, -0.2) is 44.6 Å². The third-order valence-electron chi connectivity index (χ3n) is 6.51. The van der Waals surface area contributed by atoms with Gasteiger partial charge in [-0.3, -0.25) is 9.69 Å². The molecular weight excluding hydrogens is 422 g/mol. The molecule has 7 heteroatoms. The van der Waals surface area contributed by atoms with E-state index in [9.17, 15) is 13.6 Å². The Hall–Kier alpha value is -3.06. The van der Waals surface area contributed by atoms with Crippen LogP contribution in [-0.2, 0) is 19.5 Å². The van der Waals surface area contributed by atoms with Gasteiger partial charge < -0.3 is 4.90 Å². The van der Waals surface area contributed by atoms with Gasteiger partial charge in [-0.05, 0) is 50.1 Å². The summed E-state index contributed by atoms with van der Waals surface area (Å²) in [6.07, 6.45) is 3.62. The van der Waals surface area contributed by atoms with E-state index in [4.69, 9.17) is 5.10 Å². The topological polar surface area (TPSA) is 41.4 Å². The second-order valence-electron chi connectivity index (χ2n) is 8.91. The van der Waals surface area contributed by atoms with Gasteiger partial charge in [-0.2, -0.15) is 5.10 Å². The molecule has 3 aromatic rings. The van der Waals surface area contributed by atoms with E-state index in [1.165, 1.54) is 18.2 Å². The summed E-state index contributed by atoms with van der Waals surface area (Å²) in [5.74, 6) is -1.15. The number of carbonyl (C=O) groups is 1. The zero-order valence-corrected chi connectivity index (χ0v) is 18.8. The Kier molecular flexibility index (Phi) is 5.98. The van der Waals surface area contributed by atoms with Gasteiger partial charge in [0.2, 0.25) is 0 Å². The maximum atomic E-state index is 14.7. The van der Waals surface area contributed by atoms with Crippen molar-refractivity contribution in [2.75, 3.05) is 13.1 Å².